The number of amides is 2. The number of methoxy groups -OCH3 is 1. The molecule has 26 heavy (non-hydrogen) atoms. The molecule has 0 aliphatic carbocycles. The van der Waals surface area contributed by atoms with Crippen LogP contribution >= 0.6 is 15.9 Å². The number of nitrogens with one attached hydrogen (secondary N) is 3. The normalized spacial score (nSPS) is 12.8. The third-order valence-corrected chi connectivity index (χ3v) is 4.59. The fraction of sp³-hybridized carbons (Fsp3) is 0.263. The van der Waals surface area contributed by atoms with Crippen LogP contribution < -0.4 is 20.3 Å². The van der Waals surface area contributed by atoms with Crippen LogP contribution in [0.3, 0.4) is 0 Å². The van der Waals surface area contributed by atoms with E-state index < -0.39 is 0 Å². The molecule has 0 fully saturated rings. The summed E-state index contributed by atoms with van der Waals surface area (Å²) in [6, 6.07) is 14.1. The van der Waals surface area contributed by atoms with Crippen LogP contribution in [-0.2, 0) is 9.59 Å². The Morgan fingerprint density at radius 3 is 2.15 bits per heavy atom. The van der Waals surface area contributed by atoms with Crippen LogP contribution in [0.2, 0.25) is 0 Å². The van der Waals surface area contributed by atoms with Crippen LogP contribution in [0.4, 0.5) is 11.4 Å². The monoisotopic (exact) mass is 420 g/mol. The van der Waals surface area contributed by atoms with E-state index in [2.05, 4.69) is 26.6 Å². The molecule has 3 N–H and O–H groups in total. The molecule has 0 saturated carbocycles. The number of likely N-dealkylation sites (N-methyl/N-ethyl adjacent to an activating group) is 1. The lowest BCUT2D eigenvalue weighted by atomic mass is 10.2. The number of halogens is 1. The van der Waals surface area contributed by atoms with Gasteiger partial charge in [-0.1, -0.05) is 15.9 Å². The zero-order chi connectivity index (χ0) is 19.1. The van der Waals surface area contributed by atoms with Gasteiger partial charge in [-0.25, -0.2) is 0 Å². The lowest BCUT2D eigenvalue weighted by Crippen LogP contribution is -3.14. The van der Waals surface area contributed by atoms with E-state index in [0.717, 1.165) is 20.8 Å². The van der Waals surface area contributed by atoms with Gasteiger partial charge in [0.2, 0.25) is 0 Å². The van der Waals surface area contributed by atoms with Crippen LogP contribution in [-0.4, -0.2) is 38.6 Å². The number of carbonyl (C=O) groups excluding carboxylic acids is 2. The van der Waals surface area contributed by atoms with Crippen LogP contribution in [0.1, 0.15) is 6.92 Å². The third kappa shape index (κ3) is 5.86. The maximum absolute atomic E-state index is 12.4. The zero-order valence-electron chi connectivity index (χ0n) is 15.0. The van der Waals surface area contributed by atoms with Crippen molar-refractivity contribution in [3.8, 4) is 5.75 Å². The molecule has 7 heteroatoms. The van der Waals surface area contributed by atoms with E-state index in [9.17, 15) is 9.59 Å². The summed E-state index contributed by atoms with van der Waals surface area (Å²) in [4.78, 5) is 25.4. The number of hydrogen-bond acceptors (Lipinski definition) is 3. The van der Waals surface area contributed by atoms with Gasteiger partial charge in [0.25, 0.3) is 11.8 Å². The smallest absolute Gasteiger partial charge is 0.282 e. The minimum Gasteiger partial charge on any atom is -0.497 e. The van der Waals surface area contributed by atoms with Crippen molar-refractivity contribution in [2.75, 3.05) is 31.3 Å². The largest absolute Gasteiger partial charge is 0.497 e. The van der Waals surface area contributed by atoms with Gasteiger partial charge in [0.1, 0.15) is 5.75 Å². The Labute approximate surface area is 161 Å². The second-order valence-corrected chi connectivity index (χ2v) is 6.93. The Hall–Kier alpha value is -2.38. The fourth-order valence-corrected chi connectivity index (χ4v) is 2.56. The number of quaternary nitrogens is 1. The van der Waals surface area contributed by atoms with E-state index in [0.29, 0.717) is 5.69 Å². The molecule has 6 nitrogen and oxygen atoms in total. The number of hydrogen-bond donors (Lipinski definition) is 3. The fourth-order valence-electron chi connectivity index (χ4n) is 2.29. The summed E-state index contributed by atoms with van der Waals surface area (Å²) >= 11 is 3.36. The van der Waals surface area contributed by atoms with Gasteiger partial charge in [-0.05, 0) is 55.5 Å². The molecule has 0 saturated heterocycles. The van der Waals surface area contributed by atoms with Gasteiger partial charge in [-0.2, -0.15) is 0 Å². The maximum Gasteiger partial charge on any atom is 0.282 e. The molecule has 138 valence electrons. The molecule has 0 aromatic heterocycles. The first-order chi connectivity index (χ1) is 12.4. The van der Waals surface area contributed by atoms with E-state index in [1.54, 1.807) is 38.3 Å². The van der Waals surface area contributed by atoms with Crippen molar-refractivity contribution in [1.82, 2.24) is 0 Å². The summed E-state index contributed by atoms with van der Waals surface area (Å²) in [7, 11) is 3.41. The van der Waals surface area contributed by atoms with Crippen LogP contribution in [0, 0.1) is 0 Å². The second kappa shape index (κ2) is 9.35. The molecular weight excluding hydrogens is 398 g/mol. The van der Waals surface area contributed by atoms with Crippen molar-refractivity contribution in [2.24, 2.45) is 0 Å². The summed E-state index contributed by atoms with van der Waals surface area (Å²) < 4.78 is 6.03. The molecule has 2 rings (SSSR count). The quantitative estimate of drug-likeness (QED) is 0.640. The summed E-state index contributed by atoms with van der Waals surface area (Å²) in [5, 5.41) is 5.68. The van der Waals surface area contributed by atoms with Gasteiger partial charge in [0, 0.05) is 15.8 Å². The first-order valence-corrected chi connectivity index (χ1v) is 9.01. The van der Waals surface area contributed by atoms with Crippen molar-refractivity contribution < 1.29 is 19.2 Å². The summed E-state index contributed by atoms with van der Waals surface area (Å²) in [6.07, 6.45) is 0. The van der Waals surface area contributed by atoms with Crippen molar-refractivity contribution in [2.45, 2.75) is 13.0 Å². The Morgan fingerprint density at radius 2 is 1.58 bits per heavy atom. The van der Waals surface area contributed by atoms with Crippen LogP contribution in [0.15, 0.2) is 53.0 Å². The molecule has 0 aliphatic rings. The standard InChI is InChI=1S/C19H22BrN3O3/c1-13(19(25)22-16-6-4-14(20)5-7-16)23(2)12-18(24)21-15-8-10-17(26-3)11-9-15/h4-11,13H,12H2,1-3H3,(H,21,24)(H,22,25)/p+1/t13-/m1/s1. The molecule has 2 aromatic carbocycles. The summed E-state index contributed by atoms with van der Waals surface area (Å²) in [6.45, 7) is 1.98. The predicted octanol–water partition coefficient (Wildman–Crippen LogP) is 1.94. The Kier molecular flexibility index (Phi) is 7.17. The number of benzene rings is 2. The second-order valence-electron chi connectivity index (χ2n) is 6.02. The first kappa shape index (κ1) is 19.9. The molecule has 2 aromatic rings. The highest BCUT2D eigenvalue weighted by atomic mass is 79.9. The predicted molar refractivity (Wildman–Crippen MR) is 106 cm³/mol. The van der Waals surface area contributed by atoms with E-state index in [1.807, 2.05) is 31.3 Å². The van der Waals surface area contributed by atoms with Crippen molar-refractivity contribution >= 4 is 39.1 Å². The van der Waals surface area contributed by atoms with Crippen LogP contribution in [0.25, 0.3) is 0 Å². The molecule has 1 unspecified atom stereocenters. The highest BCUT2D eigenvalue weighted by Crippen LogP contribution is 2.15. The van der Waals surface area contributed by atoms with Crippen molar-refractivity contribution in [1.29, 1.82) is 0 Å². The number of rotatable bonds is 7. The molecule has 0 bridgehead atoms. The van der Waals surface area contributed by atoms with Gasteiger partial charge in [0.05, 0.1) is 14.2 Å². The molecule has 0 radical (unpaired) electrons. The molecule has 2 atom stereocenters. The van der Waals surface area contributed by atoms with Gasteiger partial charge in [-0.3, -0.25) is 9.59 Å². The highest BCUT2D eigenvalue weighted by molar-refractivity contribution is 9.10. The SMILES string of the molecule is COc1ccc(NC(=O)C[NH+](C)[C@H](C)C(=O)Nc2ccc(Br)cc2)cc1. The van der Waals surface area contributed by atoms with E-state index in [-0.39, 0.29) is 24.4 Å². The summed E-state index contributed by atoms with van der Waals surface area (Å²) in [5.74, 6) is 0.432. The first-order valence-electron chi connectivity index (χ1n) is 8.21. The topological polar surface area (TPSA) is 71.9 Å². The minimum absolute atomic E-state index is 0.137. The minimum atomic E-state index is -0.375. The molecule has 2 amide bonds. The molecular formula is C19H23BrN3O3+. The van der Waals surface area contributed by atoms with Crippen molar-refractivity contribution in [3.05, 3.63) is 53.0 Å². The Bertz CT molecular complexity index is 748. The highest BCUT2D eigenvalue weighted by Gasteiger charge is 2.24. The maximum atomic E-state index is 12.4. The average molecular weight is 421 g/mol. The lowest BCUT2D eigenvalue weighted by molar-refractivity contribution is -0.885. The third-order valence-electron chi connectivity index (χ3n) is 4.06. The number of carbonyl (C=O) groups is 2. The number of ether oxygens (including phenoxy) is 1. The van der Waals surface area contributed by atoms with E-state index in [1.165, 1.54) is 0 Å². The zero-order valence-corrected chi connectivity index (χ0v) is 16.6. The molecule has 0 aliphatic heterocycles. The van der Waals surface area contributed by atoms with Gasteiger partial charge < -0.3 is 20.3 Å². The molecule has 0 spiro atoms. The molecule has 0 heterocycles. The van der Waals surface area contributed by atoms with Crippen LogP contribution in [0.5, 0.6) is 5.75 Å². The van der Waals surface area contributed by atoms with Crippen molar-refractivity contribution in [3.63, 3.8) is 0 Å². The Balaban J connectivity index is 1.86. The van der Waals surface area contributed by atoms with Gasteiger partial charge >= 0.3 is 0 Å². The van der Waals surface area contributed by atoms with E-state index in [4.69, 9.17) is 4.74 Å². The Morgan fingerprint density at radius 1 is 1.04 bits per heavy atom. The van der Waals surface area contributed by atoms with E-state index >= 15 is 0 Å². The number of anilines is 2. The summed E-state index contributed by atoms with van der Waals surface area (Å²) in [5.41, 5.74) is 1.41. The van der Waals surface area contributed by atoms with Gasteiger partial charge in [0.15, 0.2) is 12.6 Å². The average Bonchev–Trinajstić information content (AvgIpc) is 2.63. The lowest BCUT2D eigenvalue weighted by Gasteiger charge is -2.20. The van der Waals surface area contributed by atoms with Gasteiger partial charge in [-0.15, -0.1) is 0 Å².